The SMILES string of the molecule is O=[N+]([O-])c1ccccc1N=Nc1c(O)[nH]c2ccc(SNCc3cccnc3)cc12. The molecule has 0 unspecified atom stereocenters. The molecular formula is C20H16N6O3S. The van der Waals surface area contributed by atoms with E-state index in [0.29, 0.717) is 17.4 Å². The molecule has 3 N–H and O–H groups in total. The molecule has 0 atom stereocenters. The lowest BCUT2D eigenvalue weighted by Gasteiger charge is -2.04. The van der Waals surface area contributed by atoms with Crippen molar-refractivity contribution in [3.05, 3.63) is 82.7 Å². The average Bonchev–Trinajstić information content (AvgIpc) is 3.07. The Hall–Kier alpha value is -3.76. The van der Waals surface area contributed by atoms with Crippen molar-refractivity contribution in [2.24, 2.45) is 10.2 Å². The van der Waals surface area contributed by atoms with E-state index in [-0.39, 0.29) is 22.9 Å². The van der Waals surface area contributed by atoms with Crippen molar-refractivity contribution in [3.8, 4) is 5.88 Å². The minimum absolute atomic E-state index is 0.111. The molecule has 0 spiro atoms. The van der Waals surface area contributed by atoms with Gasteiger partial charge in [-0.05, 0) is 47.8 Å². The van der Waals surface area contributed by atoms with Crippen LogP contribution in [0.2, 0.25) is 0 Å². The van der Waals surface area contributed by atoms with Crippen molar-refractivity contribution in [2.45, 2.75) is 11.4 Å². The van der Waals surface area contributed by atoms with Crippen LogP contribution < -0.4 is 4.72 Å². The quantitative estimate of drug-likeness (QED) is 0.159. The second-order valence-electron chi connectivity index (χ2n) is 6.26. The summed E-state index contributed by atoms with van der Waals surface area (Å²) < 4.78 is 3.26. The highest BCUT2D eigenvalue weighted by atomic mass is 32.2. The molecular weight excluding hydrogens is 404 g/mol. The number of nitro groups is 1. The minimum Gasteiger partial charge on any atom is -0.493 e. The van der Waals surface area contributed by atoms with Gasteiger partial charge in [-0.15, -0.1) is 10.2 Å². The normalized spacial score (nSPS) is 11.3. The summed E-state index contributed by atoms with van der Waals surface area (Å²) >= 11 is 1.43. The Morgan fingerprint density at radius 3 is 2.83 bits per heavy atom. The van der Waals surface area contributed by atoms with E-state index in [1.807, 2.05) is 30.3 Å². The maximum absolute atomic E-state index is 11.1. The van der Waals surface area contributed by atoms with E-state index in [1.165, 1.54) is 24.1 Å². The Kier molecular flexibility index (Phi) is 5.68. The zero-order valence-electron chi connectivity index (χ0n) is 15.5. The van der Waals surface area contributed by atoms with Gasteiger partial charge in [0.25, 0.3) is 5.69 Å². The van der Waals surface area contributed by atoms with Crippen LogP contribution in [-0.4, -0.2) is 20.0 Å². The topological polar surface area (TPSA) is 129 Å². The maximum atomic E-state index is 11.1. The molecule has 0 amide bonds. The number of fused-ring (bicyclic) bond motifs is 1. The van der Waals surface area contributed by atoms with E-state index < -0.39 is 4.92 Å². The summed E-state index contributed by atoms with van der Waals surface area (Å²) in [6.07, 6.45) is 3.52. The van der Waals surface area contributed by atoms with Gasteiger partial charge in [-0.1, -0.05) is 18.2 Å². The summed E-state index contributed by atoms with van der Waals surface area (Å²) in [5.74, 6) is -0.155. The molecule has 4 rings (SSSR count). The van der Waals surface area contributed by atoms with Gasteiger partial charge in [0.05, 0.1) is 10.4 Å². The predicted molar refractivity (Wildman–Crippen MR) is 114 cm³/mol. The van der Waals surface area contributed by atoms with Crippen LogP contribution in [0.15, 0.2) is 82.1 Å². The van der Waals surface area contributed by atoms with Crippen LogP contribution in [0.3, 0.4) is 0 Å². The molecule has 0 bridgehead atoms. The number of azo groups is 1. The smallest absolute Gasteiger partial charge is 0.296 e. The third-order valence-corrected chi connectivity index (χ3v) is 5.03. The van der Waals surface area contributed by atoms with E-state index in [4.69, 9.17) is 0 Å². The number of nitro benzene ring substituents is 1. The molecule has 0 fully saturated rings. The van der Waals surface area contributed by atoms with Crippen LogP contribution >= 0.6 is 11.9 Å². The van der Waals surface area contributed by atoms with Gasteiger partial charge in [0.1, 0.15) is 0 Å². The third-order valence-electron chi connectivity index (χ3n) is 4.25. The molecule has 0 radical (unpaired) electrons. The fourth-order valence-electron chi connectivity index (χ4n) is 2.82. The Labute approximate surface area is 175 Å². The molecule has 0 aliphatic heterocycles. The van der Waals surface area contributed by atoms with Crippen LogP contribution in [0.1, 0.15) is 5.56 Å². The molecule has 10 heteroatoms. The number of hydrogen-bond acceptors (Lipinski definition) is 8. The van der Waals surface area contributed by atoms with Gasteiger partial charge in [0.2, 0.25) is 5.88 Å². The molecule has 2 aromatic heterocycles. The lowest BCUT2D eigenvalue weighted by molar-refractivity contribution is -0.384. The van der Waals surface area contributed by atoms with Gasteiger partial charge in [-0.2, -0.15) is 0 Å². The summed E-state index contributed by atoms with van der Waals surface area (Å²) in [5.41, 5.74) is 1.92. The second-order valence-corrected chi connectivity index (χ2v) is 7.22. The number of aromatic hydroxyl groups is 1. The number of nitrogens with one attached hydrogen (secondary N) is 2. The van der Waals surface area contributed by atoms with Crippen molar-refractivity contribution in [1.29, 1.82) is 0 Å². The van der Waals surface area contributed by atoms with E-state index in [9.17, 15) is 15.2 Å². The van der Waals surface area contributed by atoms with Gasteiger partial charge < -0.3 is 10.1 Å². The summed E-state index contributed by atoms with van der Waals surface area (Å²) in [6, 6.07) is 15.5. The van der Waals surface area contributed by atoms with Crippen molar-refractivity contribution < 1.29 is 10.0 Å². The number of para-hydroxylation sites is 1. The number of nitrogens with zero attached hydrogens (tertiary/aromatic N) is 4. The molecule has 30 heavy (non-hydrogen) atoms. The molecule has 2 aromatic carbocycles. The molecule has 9 nitrogen and oxygen atoms in total. The molecule has 2 heterocycles. The van der Waals surface area contributed by atoms with E-state index in [1.54, 1.807) is 24.5 Å². The first-order valence-corrected chi connectivity index (χ1v) is 9.72. The lowest BCUT2D eigenvalue weighted by atomic mass is 10.2. The second kappa shape index (κ2) is 8.72. The van der Waals surface area contributed by atoms with Gasteiger partial charge in [0, 0.05) is 35.3 Å². The van der Waals surface area contributed by atoms with Gasteiger partial charge in [-0.25, -0.2) is 0 Å². The number of H-pyrrole nitrogens is 1. The van der Waals surface area contributed by atoms with Crippen molar-refractivity contribution >= 4 is 39.9 Å². The molecule has 4 aromatic rings. The summed E-state index contributed by atoms with van der Waals surface area (Å²) in [6.45, 7) is 0.638. The third kappa shape index (κ3) is 4.29. The summed E-state index contributed by atoms with van der Waals surface area (Å²) in [7, 11) is 0. The zero-order chi connectivity index (χ0) is 20.9. The van der Waals surface area contributed by atoms with E-state index in [0.717, 1.165) is 10.5 Å². The predicted octanol–water partition coefficient (Wildman–Crippen LogP) is 5.39. The van der Waals surface area contributed by atoms with Crippen LogP contribution in [-0.2, 0) is 6.54 Å². The van der Waals surface area contributed by atoms with Crippen LogP contribution in [0.4, 0.5) is 17.1 Å². The molecule has 0 saturated heterocycles. The first-order chi connectivity index (χ1) is 14.6. The van der Waals surface area contributed by atoms with Crippen LogP contribution in [0.25, 0.3) is 10.9 Å². The maximum Gasteiger partial charge on any atom is 0.296 e. The largest absolute Gasteiger partial charge is 0.493 e. The highest BCUT2D eigenvalue weighted by Crippen LogP contribution is 2.38. The number of pyridine rings is 1. The molecule has 0 aliphatic carbocycles. The number of benzene rings is 2. The molecule has 150 valence electrons. The monoisotopic (exact) mass is 420 g/mol. The summed E-state index contributed by atoms with van der Waals surface area (Å²) in [5, 5.41) is 30.1. The average molecular weight is 420 g/mol. The standard InChI is InChI=1S/C20H16N6O3S/c27-20-19(25-24-17-5-1-2-6-18(17)26(28)29)15-10-14(7-8-16(15)23-20)30-22-12-13-4-3-9-21-11-13/h1-11,22-23,27H,12H2. The number of hydrogen-bond donors (Lipinski definition) is 3. The van der Waals surface area contributed by atoms with E-state index in [2.05, 4.69) is 24.9 Å². The summed E-state index contributed by atoms with van der Waals surface area (Å²) in [4.78, 5) is 18.5. The van der Waals surface area contributed by atoms with Gasteiger partial charge in [-0.3, -0.25) is 19.8 Å². The van der Waals surface area contributed by atoms with E-state index >= 15 is 0 Å². The fraction of sp³-hybridized carbons (Fsp3) is 0.0500. The number of aromatic amines is 1. The first kappa shape index (κ1) is 19.6. The zero-order valence-corrected chi connectivity index (χ0v) is 16.3. The van der Waals surface area contributed by atoms with Crippen molar-refractivity contribution in [3.63, 3.8) is 0 Å². The fourth-order valence-corrected chi connectivity index (χ4v) is 3.54. The molecule has 0 saturated carbocycles. The Bertz CT molecular complexity index is 1230. The molecule has 0 aliphatic rings. The van der Waals surface area contributed by atoms with Gasteiger partial charge in [0.15, 0.2) is 11.4 Å². The minimum atomic E-state index is -0.522. The highest BCUT2D eigenvalue weighted by Gasteiger charge is 2.14. The van der Waals surface area contributed by atoms with Gasteiger partial charge >= 0.3 is 0 Å². The first-order valence-electron chi connectivity index (χ1n) is 8.90. The van der Waals surface area contributed by atoms with Crippen LogP contribution in [0.5, 0.6) is 5.88 Å². The van der Waals surface area contributed by atoms with Crippen molar-refractivity contribution in [1.82, 2.24) is 14.7 Å². The lowest BCUT2D eigenvalue weighted by Crippen LogP contribution is -2.02. The Morgan fingerprint density at radius 2 is 2.03 bits per heavy atom. The van der Waals surface area contributed by atoms with Crippen molar-refractivity contribution in [2.75, 3.05) is 0 Å². The highest BCUT2D eigenvalue weighted by molar-refractivity contribution is 7.97. The number of rotatable bonds is 7. The van der Waals surface area contributed by atoms with Crippen LogP contribution in [0, 0.1) is 10.1 Å². The number of aromatic nitrogens is 2. The Balaban J connectivity index is 1.57. The Morgan fingerprint density at radius 1 is 1.17 bits per heavy atom.